The number of nitrogens with one attached hydrogen (secondary N) is 2. The maximum absolute atomic E-state index is 12.6. The highest BCUT2D eigenvalue weighted by atomic mass is 127. The maximum Gasteiger partial charge on any atom is 0.434 e. The monoisotopic (exact) mass is 510 g/mol. The fraction of sp³-hybridized carbons (Fsp3) is 0.444. The van der Waals surface area contributed by atoms with E-state index in [2.05, 4.69) is 32.7 Å². The van der Waals surface area contributed by atoms with E-state index in [1.165, 1.54) is 5.56 Å². The molecule has 3 rings (SSSR count). The van der Waals surface area contributed by atoms with Crippen molar-refractivity contribution in [2.75, 3.05) is 13.6 Å². The first-order valence-electron chi connectivity index (χ1n) is 8.40. The zero-order valence-corrected chi connectivity index (χ0v) is 18.0. The minimum absolute atomic E-state index is 0. The van der Waals surface area contributed by atoms with Crippen molar-refractivity contribution in [2.24, 2.45) is 10.4 Å². The van der Waals surface area contributed by atoms with E-state index in [9.17, 15) is 13.2 Å². The lowest BCUT2D eigenvalue weighted by molar-refractivity contribution is -0.140. The number of hydrogen-bond acceptors (Lipinski definition) is 3. The van der Waals surface area contributed by atoms with Crippen LogP contribution in [0.4, 0.5) is 13.2 Å². The highest BCUT2D eigenvalue weighted by Gasteiger charge is 2.42. The lowest BCUT2D eigenvalue weighted by atomic mass is 9.96. The number of aromatic nitrogens is 1. The minimum atomic E-state index is -4.40. The molecule has 9 heteroatoms. The minimum Gasteiger partial charge on any atom is -0.356 e. The third-order valence-corrected chi connectivity index (χ3v) is 5.33. The molecule has 0 aliphatic heterocycles. The Morgan fingerprint density at radius 1 is 1.22 bits per heavy atom. The SMILES string of the molecule is CN=C(NCc1nc(C(F)(F)F)cs1)NCC1(Cc2ccccc2)CC1.I. The third-order valence-electron chi connectivity index (χ3n) is 4.48. The van der Waals surface area contributed by atoms with E-state index in [1.807, 2.05) is 18.2 Å². The second-order valence-corrected chi connectivity index (χ2v) is 7.51. The van der Waals surface area contributed by atoms with Crippen molar-refractivity contribution in [2.45, 2.75) is 32.0 Å². The molecular formula is C18H22F3IN4S. The summed E-state index contributed by atoms with van der Waals surface area (Å²) in [6, 6.07) is 10.4. The first-order valence-corrected chi connectivity index (χ1v) is 9.28. The lowest BCUT2D eigenvalue weighted by Crippen LogP contribution is -2.40. The molecule has 0 radical (unpaired) electrons. The second kappa shape index (κ2) is 9.22. The molecule has 0 unspecified atom stereocenters. The van der Waals surface area contributed by atoms with Crippen LogP contribution in [0.25, 0.3) is 0 Å². The molecule has 2 N–H and O–H groups in total. The van der Waals surface area contributed by atoms with Crippen LogP contribution in [-0.2, 0) is 19.1 Å². The van der Waals surface area contributed by atoms with Crippen molar-refractivity contribution in [1.82, 2.24) is 15.6 Å². The molecule has 0 saturated heterocycles. The van der Waals surface area contributed by atoms with Gasteiger partial charge in [-0.2, -0.15) is 13.2 Å². The summed E-state index contributed by atoms with van der Waals surface area (Å²) in [5, 5.41) is 7.74. The van der Waals surface area contributed by atoms with Gasteiger partial charge in [-0.3, -0.25) is 4.99 Å². The maximum atomic E-state index is 12.6. The molecule has 1 aliphatic rings. The van der Waals surface area contributed by atoms with Gasteiger partial charge in [-0.25, -0.2) is 4.98 Å². The number of alkyl halides is 3. The molecule has 0 spiro atoms. The van der Waals surface area contributed by atoms with Crippen LogP contribution in [0.2, 0.25) is 0 Å². The Labute approximate surface area is 177 Å². The van der Waals surface area contributed by atoms with Gasteiger partial charge in [0.2, 0.25) is 0 Å². The quantitative estimate of drug-likeness (QED) is 0.343. The smallest absolute Gasteiger partial charge is 0.356 e. The molecule has 1 heterocycles. The van der Waals surface area contributed by atoms with Gasteiger partial charge in [-0.05, 0) is 30.2 Å². The fourth-order valence-corrected chi connectivity index (χ4v) is 3.54. The van der Waals surface area contributed by atoms with Crippen molar-refractivity contribution in [1.29, 1.82) is 0 Å². The largest absolute Gasteiger partial charge is 0.434 e. The summed E-state index contributed by atoms with van der Waals surface area (Å²) in [5.41, 5.74) is 0.711. The summed E-state index contributed by atoms with van der Waals surface area (Å²) >= 11 is 0.990. The Hall–Kier alpha value is -1.36. The normalized spacial score (nSPS) is 15.8. The standard InChI is InChI=1S/C18H21F3N4S.HI/c1-22-16(23-10-15-25-14(11-26-15)18(19,20)21)24-12-17(7-8-17)9-13-5-3-2-4-6-13;/h2-6,11H,7-10,12H2,1H3,(H2,22,23,24);1H. The van der Waals surface area contributed by atoms with Crippen LogP contribution in [0.5, 0.6) is 0 Å². The summed E-state index contributed by atoms with van der Waals surface area (Å²) < 4.78 is 37.8. The summed E-state index contributed by atoms with van der Waals surface area (Å²) in [7, 11) is 1.65. The van der Waals surface area contributed by atoms with E-state index >= 15 is 0 Å². The molecule has 1 aliphatic carbocycles. The van der Waals surface area contributed by atoms with Crippen molar-refractivity contribution in [3.05, 3.63) is 52.0 Å². The summed E-state index contributed by atoms with van der Waals surface area (Å²) in [6.45, 7) is 0.999. The average molecular weight is 510 g/mol. The predicted molar refractivity (Wildman–Crippen MR) is 113 cm³/mol. The van der Waals surface area contributed by atoms with E-state index in [0.717, 1.165) is 42.5 Å². The van der Waals surface area contributed by atoms with E-state index in [4.69, 9.17) is 0 Å². The van der Waals surface area contributed by atoms with Gasteiger partial charge >= 0.3 is 6.18 Å². The topological polar surface area (TPSA) is 49.3 Å². The van der Waals surface area contributed by atoms with Crippen LogP contribution in [0, 0.1) is 5.41 Å². The van der Waals surface area contributed by atoms with Gasteiger partial charge in [0.25, 0.3) is 0 Å². The van der Waals surface area contributed by atoms with E-state index in [1.54, 1.807) is 7.05 Å². The second-order valence-electron chi connectivity index (χ2n) is 6.57. The number of thiazole rings is 1. The zero-order chi connectivity index (χ0) is 18.6. The van der Waals surface area contributed by atoms with Crippen LogP contribution >= 0.6 is 35.3 Å². The molecule has 1 aromatic heterocycles. The molecule has 148 valence electrons. The Balaban J connectivity index is 0.00000261. The Morgan fingerprint density at radius 3 is 2.48 bits per heavy atom. The molecule has 4 nitrogen and oxygen atoms in total. The predicted octanol–water partition coefficient (Wildman–Crippen LogP) is 4.47. The third kappa shape index (κ3) is 6.34. The number of nitrogens with zero attached hydrogens (tertiary/aromatic N) is 2. The van der Waals surface area contributed by atoms with Crippen molar-refractivity contribution in [3.63, 3.8) is 0 Å². The lowest BCUT2D eigenvalue weighted by Gasteiger charge is -2.18. The van der Waals surface area contributed by atoms with Crippen molar-refractivity contribution in [3.8, 4) is 0 Å². The number of hydrogen-bond donors (Lipinski definition) is 2. The summed E-state index contributed by atoms with van der Waals surface area (Å²) in [4.78, 5) is 7.76. The highest BCUT2D eigenvalue weighted by molar-refractivity contribution is 14.0. The first-order chi connectivity index (χ1) is 12.4. The first kappa shape index (κ1) is 21.9. The fourth-order valence-electron chi connectivity index (χ4n) is 2.80. The number of halogens is 4. The average Bonchev–Trinajstić information content (AvgIpc) is 3.18. The number of guanidine groups is 1. The molecule has 1 aromatic carbocycles. The van der Waals surface area contributed by atoms with Gasteiger partial charge in [-0.15, -0.1) is 35.3 Å². The Kier molecular flexibility index (Phi) is 7.49. The molecule has 27 heavy (non-hydrogen) atoms. The van der Waals surface area contributed by atoms with Gasteiger partial charge in [0.1, 0.15) is 5.01 Å². The van der Waals surface area contributed by atoms with Crippen molar-refractivity contribution >= 4 is 41.3 Å². The Bertz CT molecular complexity index is 757. The molecular weight excluding hydrogens is 488 g/mol. The van der Waals surface area contributed by atoms with Gasteiger partial charge in [0.15, 0.2) is 11.7 Å². The van der Waals surface area contributed by atoms with Crippen LogP contribution in [0.15, 0.2) is 40.7 Å². The van der Waals surface area contributed by atoms with Crippen LogP contribution in [0.3, 0.4) is 0 Å². The van der Waals surface area contributed by atoms with Gasteiger partial charge < -0.3 is 10.6 Å². The van der Waals surface area contributed by atoms with Gasteiger partial charge in [0, 0.05) is 19.0 Å². The number of rotatable bonds is 6. The van der Waals surface area contributed by atoms with Gasteiger partial charge in [-0.1, -0.05) is 30.3 Å². The zero-order valence-electron chi connectivity index (χ0n) is 14.8. The van der Waals surface area contributed by atoms with E-state index in [0.29, 0.717) is 11.0 Å². The van der Waals surface area contributed by atoms with E-state index in [-0.39, 0.29) is 35.9 Å². The molecule has 0 bridgehead atoms. The molecule has 1 fully saturated rings. The molecule has 0 atom stereocenters. The molecule has 1 saturated carbocycles. The van der Waals surface area contributed by atoms with Crippen LogP contribution in [-0.4, -0.2) is 24.5 Å². The Morgan fingerprint density at radius 2 is 1.93 bits per heavy atom. The molecule has 0 amide bonds. The number of benzene rings is 1. The van der Waals surface area contributed by atoms with Crippen LogP contribution < -0.4 is 10.6 Å². The van der Waals surface area contributed by atoms with Crippen molar-refractivity contribution < 1.29 is 13.2 Å². The van der Waals surface area contributed by atoms with E-state index < -0.39 is 11.9 Å². The summed E-state index contributed by atoms with van der Waals surface area (Å²) in [6.07, 6.45) is -1.07. The van der Waals surface area contributed by atoms with Crippen LogP contribution in [0.1, 0.15) is 29.1 Å². The molecule has 2 aromatic rings. The highest BCUT2D eigenvalue weighted by Crippen LogP contribution is 2.47. The summed E-state index contributed by atoms with van der Waals surface area (Å²) in [5.74, 6) is 0.577. The van der Waals surface area contributed by atoms with Gasteiger partial charge in [0.05, 0.1) is 6.54 Å². The number of aliphatic imine (C=N–C) groups is 1.